The van der Waals surface area contributed by atoms with Gasteiger partial charge in [0, 0.05) is 6.04 Å². The van der Waals surface area contributed by atoms with Gasteiger partial charge in [-0.2, -0.15) is 0 Å². The Morgan fingerprint density at radius 1 is 1.40 bits per heavy atom. The average Bonchev–Trinajstić information content (AvgIpc) is 2.44. The summed E-state index contributed by atoms with van der Waals surface area (Å²) >= 11 is 0. The van der Waals surface area contributed by atoms with Crippen LogP contribution in [0.4, 0.5) is 0 Å². The number of hydrogen-bond donors (Lipinski definition) is 1. The van der Waals surface area contributed by atoms with Gasteiger partial charge in [0.15, 0.2) is 0 Å². The molecule has 1 heterocycles. The predicted octanol–water partition coefficient (Wildman–Crippen LogP) is 1.88. The lowest BCUT2D eigenvalue weighted by atomic mass is 9.91. The molecule has 1 N–H and O–H groups in total. The summed E-state index contributed by atoms with van der Waals surface area (Å²) in [6.45, 7) is 4.30. The third kappa shape index (κ3) is 1.89. The lowest BCUT2D eigenvalue weighted by molar-refractivity contribution is -0.134. The summed E-state index contributed by atoms with van der Waals surface area (Å²) in [4.78, 5) is 14.3. The van der Waals surface area contributed by atoms with Gasteiger partial charge in [-0.15, -0.1) is 0 Å². The summed E-state index contributed by atoms with van der Waals surface area (Å²) in [7, 11) is 0. The van der Waals surface area contributed by atoms with Crippen molar-refractivity contribution in [1.82, 2.24) is 10.2 Å². The lowest BCUT2D eigenvalue weighted by Crippen LogP contribution is -2.47. The second kappa shape index (κ2) is 4.52. The molecule has 2 unspecified atom stereocenters. The smallest absolute Gasteiger partial charge is 0.241 e. The molecule has 1 saturated carbocycles. The van der Waals surface area contributed by atoms with Crippen LogP contribution in [0.3, 0.4) is 0 Å². The largest absolute Gasteiger partial charge is 0.323 e. The van der Waals surface area contributed by atoms with Crippen LogP contribution in [0.15, 0.2) is 0 Å². The summed E-state index contributed by atoms with van der Waals surface area (Å²) in [6, 6.07) is 0.636. The summed E-state index contributed by atoms with van der Waals surface area (Å²) in [5.74, 6) is 0.355. The molecule has 2 atom stereocenters. The van der Waals surface area contributed by atoms with Crippen molar-refractivity contribution < 1.29 is 4.79 Å². The maximum Gasteiger partial charge on any atom is 0.241 e. The van der Waals surface area contributed by atoms with Crippen molar-refractivity contribution in [2.45, 2.75) is 70.6 Å². The van der Waals surface area contributed by atoms with E-state index in [1.165, 1.54) is 19.3 Å². The molecule has 86 valence electrons. The molecule has 3 nitrogen and oxygen atoms in total. The number of carbonyl (C=O) groups is 1. The lowest BCUT2D eigenvalue weighted by Gasteiger charge is -2.38. The Hall–Kier alpha value is -0.570. The molecule has 0 spiro atoms. The van der Waals surface area contributed by atoms with Crippen LogP contribution in [0.5, 0.6) is 0 Å². The van der Waals surface area contributed by atoms with Gasteiger partial charge in [-0.05, 0) is 32.1 Å². The van der Waals surface area contributed by atoms with E-state index in [-0.39, 0.29) is 6.04 Å². The van der Waals surface area contributed by atoms with E-state index >= 15 is 0 Å². The molecule has 2 rings (SSSR count). The molecule has 1 amide bonds. The molecule has 1 saturated heterocycles. The summed E-state index contributed by atoms with van der Waals surface area (Å²) in [5, 5.41) is 3.47. The van der Waals surface area contributed by atoms with E-state index in [4.69, 9.17) is 0 Å². The minimum absolute atomic E-state index is 0.0977. The van der Waals surface area contributed by atoms with Crippen molar-refractivity contribution in [3.8, 4) is 0 Å². The van der Waals surface area contributed by atoms with Crippen LogP contribution in [0.25, 0.3) is 0 Å². The molecular formula is C12H22N2O. The molecule has 1 aliphatic heterocycles. The van der Waals surface area contributed by atoms with Crippen LogP contribution in [-0.2, 0) is 4.79 Å². The Bertz CT molecular complexity index is 238. The summed E-state index contributed by atoms with van der Waals surface area (Å²) < 4.78 is 0. The highest BCUT2D eigenvalue weighted by molar-refractivity contribution is 5.84. The van der Waals surface area contributed by atoms with Crippen molar-refractivity contribution in [3.05, 3.63) is 0 Å². The zero-order chi connectivity index (χ0) is 10.8. The van der Waals surface area contributed by atoms with E-state index in [9.17, 15) is 4.79 Å². The Labute approximate surface area is 92.2 Å². The van der Waals surface area contributed by atoms with Crippen LogP contribution >= 0.6 is 0 Å². The van der Waals surface area contributed by atoms with Crippen molar-refractivity contribution in [2.24, 2.45) is 0 Å². The maximum absolute atomic E-state index is 12.2. The fourth-order valence-electron chi connectivity index (χ4n) is 2.63. The molecule has 2 fully saturated rings. The Morgan fingerprint density at radius 3 is 2.60 bits per heavy atom. The Kier molecular flexibility index (Phi) is 3.29. The number of carbonyl (C=O) groups excluding carboxylic acids is 1. The highest BCUT2D eigenvalue weighted by Crippen LogP contribution is 2.30. The minimum Gasteiger partial charge on any atom is -0.323 e. The Morgan fingerprint density at radius 2 is 2.13 bits per heavy atom. The van der Waals surface area contributed by atoms with E-state index in [0.717, 1.165) is 19.3 Å². The normalized spacial score (nSPS) is 32.1. The van der Waals surface area contributed by atoms with Crippen molar-refractivity contribution >= 4 is 5.91 Å². The SMILES string of the molecule is CCCC1NC(CC)N(C2CCC2)C1=O. The predicted molar refractivity (Wildman–Crippen MR) is 60.4 cm³/mol. The number of hydrogen-bond acceptors (Lipinski definition) is 2. The second-order valence-corrected chi connectivity index (χ2v) is 4.76. The molecule has 0 bridgehead atoms. The number of nitrogens with one attached hydrogen (secondary N) is 1. The monoisotopic (exact) mass is 210 g/mol. The maximum atomic E-state index is 12.2. The van der Waals surface area contributed by atoms with E-state index in [1.54, 1.807) is 0 Å². The van der Waals surface area contributed by atoms with E-state index < -0.39 is 0 Å². The van der Waals surface area contributed by atoms with Crippen LogP contribution in [0, 0.1) is 0 Å². The van der Waals surface area contributed by atoms with Crippen LogP contribution < -0.4 is 5.32 Å². The molecule has 0 aromatic carbocycles. The molecule has 1 aliphatic carbocycles. The fourth-order valence-corrected chi connectivity index (χ4v) is 2.63. The van der Waals surface area contributed by atoms with Gasteiger partial charge in [-0.3, -0.25) is 10.1 Å². The van der Waals surface area contributed by atoms with Crippen molar-refractivity contribution in [2.75, 3.05) is 0 Å². The first kappa shape index (κ1) is 10.9. The molecule has 2 aliphatic rings. The fraction of sp³-hybridized carbons (Fsp3) is 0.917. The number of rotatable bonds is 4. The summed E-state index contributed by atoms with van der Waals surface area (Å²) in [5.41, 5.74) is 0. The zero-order valence-corrected chi connectivity index (χ0v) is 9.83. The number of amides is 1. The minimum atomic E-state index is 0.0977. The van der Waals surface area contributed by atoms with Gasteiger partial charge in [0.1, 0.15) is 0 Å². The quantitative estimate of drug-likeness (QED) is 0.768. The van der Waals surface area contributed by atoms with Crippen LogP contribution in [0.1, 0.15) is 52.4 Å². The third-order valence-corrected chi connectivity index (χ3v) is 3.71. The zero-order valence-electron chi connectivity index (χ0n) is 9.83. The van der Waals surface area contributed by atoms with Crippen molar-refractivity contribution in [1.29, 1.82) is 0 Å². The van der Waals surface area contributed by atoms with Gasteiger partial charge in [0.25, 0.3) is 0 Å². The van der Waals surface area contributed by atoms with Gasteiger partial charge >= 0.3 is 0 Å². The second-order valence-electron chi connectivity index (χ2n) is 4.76. The molecule has 3 heteroatoms. The highest BCUT2D eigenvalue weighted by Gasteiger charge is 2.42. The van der Waals surface area contributed by atoms with Crippen LogP contribution in [-0.4, -0.2) is 29.1 Å². The number of nitrogens with zero attached hydrogens (tertiary/aromatic N) is 1. The van der Waals surface area contributed by atoms with Gasteiger partial charge < -0.3 is 4.90 Å². The molecular weight excluding hydrogens is 188 g/mol. The molecule has 0 radical (unpaired) electrons. The van der Waals surface area contributed by atoms with Gasteiger partial charge in [0.05, 0.1) is 12.2 Å². The first-order valence-electron chi connectivity index (χ1n) is 6.36. The first-order valence-corrected chi connectivity index (χ1v) is 6.36. The standard InChI is InChI=1S/C12H22N2O/c1-3-6-10-12(15)14(9-7-5-8-9)11(4-2)13-10/h9-11,13H,3-8H2,1-2H3. The van der Waals surface area contributed by atoms with Crippen LogP contribution in [0.2, 0.25) is 0 Å². The van der Waals surface area contributed by atoms with Crippen molar-refractivity contribution in [3.63, 3.8) is 0 Å². The molecule has 0 aromatic rings. The summed E-state index contributed by atoms with van der Waals surface area (Å²) in [6.07, 6.45) is 7.12. The highest BCUT2D eigenvalue weighted by atomic mass is 16.2. The Balaban J connectivity index is 2.03. The van der Waals surface area contributed by atoms with E-state index in [1.807, 2.05) is 0 Å². The molecule has 15 heavy (non-hydrogen) atoms. The molecule has 0 aromatic heterocycles. The van der Waals surface area contributed by atoms with Gasteiger partial charge in [-0.25, -0.2) is 0 Å². The third-order valence-electron chi connectivity index (χ3n) is 3.71. The average molecular weight is 210 g/mol. The first-order chi connectivity index (χ1) is 7.27. The van der Waals surface area contributed by atoms with E-state index in [2.05, 4.69) is 24.1 Å². The van der Waals surface area contributed by atoms with E-state index in [0.29, 0.717) is 18.1 Å². The van der Waals surface area contributed by atoms with Gasteiger partial charge in [0.2, 0.25) is 5.91 Å². The topological polar surface area (TPSA) is 32.3 Å². The van der Waals surface area contributed by atoms with Gasteiger partial charge in [-0.1, -0.05) is 20.3 Å².